The minimum Gasteiger partial charge on any atom is -0.495 e. The molecule has 2 rings (SSSR count). The van der Waals surface area contributed by atoms with E-state index in [2.05, 4.69) is 5.32 Å². The zero-order valence-electron chi connectivity index (χ0n) is 19.5. The summed E-state index contributed by atoms with van der Waals surface area (Å²) in [6, 6.07) is 4.82. The number of carbonyl (C=O) groups is 2. The molecule has 31 heavy (non-hydrogen) atoms. The summed E-state index contributed by atoms with van der Waals surface area (Å²) in [5.41, 5.74) is -0.670. The van der Waals surface area contributed by atoms with Crippen molar-refractivity contribution in [2.24, 2.45) is 0 Å². The van der Waals surface area contributed by atoms with Gasteiger partial charge in [0.05, 0.1) is 18.3 Å². The first-order chi connectivity index (χ1) is 14.2. The first-order valence-corrected chi connectivity index (χ1v) is 10.1. The highest BCUT2D eigenvalue weighted by Gasteiger charge is 2.52. The molecule has 2 N–H and O–H groups in total. The summed E-state index contributed by atoms with van der Waals surface area (Å²) in [4.78, 5) is 23.8. The zero-order chi connectivity index (χ0) is 23.6. The van der Waals surface area contributed by atoms with E-state index in [1.165, 1.54) is 13.2 Å². The van der Waals surface area contributed by atoms with E-state index in [-0.39, 0.29) is 17.9 Å². The Balaban J connectivity index is 2.42. The van der Waals surface area contributed by atoms with Crippen molar-refractivity contribution in [3.05, 3.63) is 34.8 Å². The van der Waals surface area contributed by atoms with Gasteiger partial charge in [-0.1, -0.05) is 18.2 Å². The van der Waals surface area contributed by atoms with Crippen molar-refractivity contribution in [3.8, 4) is 5.75 Å². The number of hydrogen-bond donors (Lipinski definition) is 2. The standard InChI is InChI=1S/C22H32BNO7/c1-20(2,3)29-19(27)24-13-15(23-30-21(4,5)22(6,7)31-23)12-14-10-9-11-16(18(25)26)17(14)28-8/h9-12H,13H2,1-8H3,(H,24,27)(H,25,26). The van der Waals surface area contributed by atoms with E-state index in [0.29, 0.717) is 11.0 Å². The molecule has 1 aromatic carbocycles. The van der Waals surface area contributed by atoms with E-state index in [1.54, 1.807) is 39.0 Å². The average molecular weight is 433 g/mol. The number of hydrogen-bond acceptors (Lipinski definition) is 6. The van der Waals surface area contributed by atoms with Gasteiger partial charge in [0.15, 0.2) is 0 Å². The number of carboxylic acids is 1. The Morgan fingerprint density at radius 3 is 2.23 bits per heavy atom. The number of benzene rings is 1. The number of carbonyl (C=O) groups excluding carboxylic acids is 1. The molecule has 1 aromatic rings. The summed E-state index contributed by atoms with van der Waals surface area (Å²) in [6.45, 7) is 13.1. The monoisotopic (exact) mass is 433 g/mol. The SMILES string of the molecule is COc1c(C=C(CNC(=O)OC(C)(C)C)B2OC(C)(C)C(C)(C)O2)cccc1C(=O)O. The summed E-state index contributed by atoms with van der Waals surface area (Å²) in [5.74, 6) is -0.891. The second kappa shape index (κ2) is 8.92. The van der Waals surface area contributed by atoms with Gasteiger partial charge in [-0.15, -0.1) is 0 Å². The van der Waals surface area contributed by atoms with Crippen molar-refractivity contribution in [1.82, 2.24) is 5.32 Å². The largest absolute Gasteiger partial charge is 0.495 e. The Kier molecular flexibility index (Phi) is 7.12. The van der Waals surface area contributed by atoms with Crippen LogP contribution in [0.25, 0.3) is 6.08 Å². The molecule has 9 heteroatoms. The number of aromatic carboxylic acids is 1. The van der Waals surface area contributed by atoms with Crippen LogP contribution in [-0.4, -0.2) is 54.7 Å². The number of carboxylic acid groups (broad SMARTS) is 1. The third kappa shape index (κ3) is 6.01. The minimum absolute atomic E-state index is 0.0321. The molecule has 0 radical (unpaired) electrons. The Labute approximate surface area is 184 Å². The Bertz CT molecular complexity index is 855. The fourth-order valence-electron chi connectivity index (χ4n) is 2.95. The maximum absolute atomic E-state index is 12.2. The molecular formula is C22H32BNO7. The summed E-state index contributed by atoms with van der Waals surface area (Å²) in [6.07, 6.45) is 1.13. The molecule has 1 fully saturated rings. The molecule has 8 nitrogen and oxygen atoms in total. The lowest BCUT2D eigenvalue weighted by atomic mass is 9.76. The predicted molar refractivity (Wildman–Crippen MR) is 118 cm³/mol. The quantitative estimate of drug-likeness (QED) is 0.655. The molecule has 0 unspecified atom stereocenters. The van der Waals surface area contributed by atoms with Gasteiger partial charge in [0.1, 0.15) is 16.9 Å². The third-order valence-corrected chi connectivity index (χ3v) is 5.21. The lowest BCUT2D eigenvalue weighted by Gasteiger charge is -2.32. The first-order valence-electron chi connectivity index (χ1n) is 10.1. The number of ether oxygens (including phenoxy) is 2. The van der Waals surface area contributed by atoms with Crippen LogP contribution in [0.5, 0.6) is 5.75 Å². The number of amides is 1. The van der Waals surface area contributed by atoms with Crippen LogP contribution in [0.4, 0.5) is 4.79 Å². The van der Waals surface area contributed by atoms with Gasteiger partial charge >= 0.3 is 19.2 Å². The lowest BCUT2D eigenvalue weighted by molar-refractivity contribution is 0.00578. The van der Waals surface area contributed by atoms with Crippen LogP contribution in [0.1, 0.15) is 64.4 Å². The normalized spacial score (nSPS) is 17.9. The van der Waals surface area contributed by atoms with Crippen molar-refractivity contribution >= 4 is 25.3 Å². The van der Waals surface area contributed by atoms with Gasteiger partial charge in [0.25, 0.3) is 0 Å². The Morgan fingerprint density at radius 1 is 1.16 bits per heavy atom. The molecule has 1 aliphatic heterocycles. The van der Waals surface area contributed by atoms with Gasteiger partial charge in [-0.05, 0) is 60.0 Å². The van der Waals surface area contributed by atoms with Crippen molar-refractivity contribution in [1.29, 1.82) is 0 Å². The van der Waals surface area contributed by atoms with E-state index in [0.717, 1.165) is 0 Å². The summed E-state index contributed by atoms with van der Waals surface area (Å²) in [7, 11) is 0.658. The number of nitrogens with one attached hydrogen (secondary N) is 1. The summed E-state index contributed by atoms with van der Waals surface area (Å²) >= 11 is 0. The third-order valence-electron chi connectivity index (χ3n) is 5.21. The maximum Gasteiger partial charge on any atom is 0.492 e. The highest BCUT2D eigenvalue weighted by molar-refractivity contribution is 6.56. The van der Waals surface area contributed by atoms with Crippen LogP contribution >= 0.6 is 0 Å². The first kappa shape index (κ1) is 24.8. The fraction of sp³-hybridized carbons (Fsp3) is 0.545. The fourth-order valence-corrected chi connectivity index (χ4v) is 2.95. The molecule has 0 saturated carbocycles. The van der Waals surface area contributed by atoms with Gasteiger partial charge in [-0.3, -0.25) is 0 Å². The van der Waals surface area contributed by atoms with Gasteiger partial charge in [-0.2, -0.15) is 0 Å². The van der Waals surface area contributed by atoms with Gasteiger partial charge < -0.3 is 29.2 Å². The molecule has 0 bridgehead atoms. The van der Waals surface area contributed by atoms with Crippen molar-refractivity contribution < 1.29 is 33.5 Å². The van der Waals surface area contributed by atoms with E-state index >= 15 is 0 Å². The predicted octanol–water partition coefficient (Wildman–Crippen LogP) is 3.93. The topological polar surface area (TPSA) is 103 Å². The highest BCUT2D eigenvalue weighted by atomic mass is 16.7. The van der Waals surface area contributed by atoms with Crippen LogP contribution in [0.3, 0.4) is 0 Å². The summed E-state index contributed by atoms with van der Waals surface area (Å²) < 4.78 is 23.0. The Morgan fingerprint density at radius 2 is 1.74 bits per heavy atom. The second-order valence-electron chi connectivity index (χ2n) is 9.40. The van der Waals surface area contributed by atoms with Crippen molar-refractivity contribution in [2.45, 2.75) is 65.3 Å². The van der Waals surface area contributed by atoms with E-state index in [4.69, 9.17) is 18.8 Å². The molecular weight excluding hydrogens is 401 g/mol. The lowest BCUT2D eigenvalue weighted by Crippen LogP contribution is -2.41. The van der Waals surface area contributed by atoms with Crippen LogP contribution in [0, 0.1) is 0 Å². The van der Waals surface area contributed by atoms with Gasteiger partial charge in [0, 0.05) is 12.1 Å². The van der Waals surface area contributed by atoms with E-state index in [9.17, 15) is 14.7 Å². The van der Waals surface area contributed by atoms with Crippen molar-refractivity contribution in [2.75, 3.05) is 13.7 Å². The minimum atomic E-state index is -1.10. The van der Waals surface area contributed by atoms with E-state index < -0.39 is 36.0 Å². The smallest absolute Gasteiger partial charge is 0.492 e. The molecule has 0 aliphatic carbocycles. The number of methoxy groups -OCH3 is 1. The second-order valence-corrected chi connectivity index (χ2v) is 9.40. The van der Waals surface area contributed by atoms with Crippen LogP contribution in [0.2, 0.25) is 0 Å². The molecule has 0 aromatic heterocycles. The molecule has 1 heterocycles. The van der Waals surface area contributed by atoms with Crippen LogP contribution in [-0.2, 0) is 14.0 Å². The van der Waals surface area contributed by atoms with Gasteiger partial charge in [0.2, 0.25) is 0 Å². The van der Waals surface area contributed by atoms with Crippen LogP contribution in [0.15, 0.2) is 23.7 Å². The number of alkyl carbamates (subject to hydrolysis) is 1. The van der Waals surface area contributed by atoms with E-state index in [1.807, 2.05) is 27.7 Å². The number of rotatable bonds is 6. The molecule has 0 spiro atoms. The van der Waals surface area contributed by atoms with Gasteiger partial charge in [-0.25, -0.2) is 9.59 Å². The zero-order valence-corrected chi connectivity index (χ0v) is 19.5. The molecule has 0 atom stereocenters. The molecule has 170 valence electrons. The highest BCUT2D eigenvalue weighted by Crippen LogP contribution is 2.39. The summed E-state index contributed by atoms with van der Waals surface area (Å²) in [5, 5.41) is 12.2. The Hall–Kier alpha value is -2.52. The molecule has 1 aliphatic rings. The van der Waals surface area contributed by atoms with Crippen molar-refractivity contribution in [3.63, 3.8) is 0 Å². The molecule has 1 saturated heterocycles. The molecule has 1 amide bonds. The van der Waals surface area contributed by atoms with Crippen LogP contribution < -0.4 is 10.1 Å². The average Bonchev–Trinajstić information content (AvgIpc) is 2.84. The number of para-hydroxylation sites is 1. The maximum atomic E-state index is 12.2.